The van der Waals surface area contributed by atoms with Crippen LogP contribution in [0.2, 0.25) is 0 Å². The van der Waals surface area contributed by atoms with Crippen molar-refractivity contribution in [3.05, 3.63) is 17.0 Å². The Bertz CT molecular complexity index is 489. The first kappa shape index (κ1) is 11.7. The van der Waals surface area contributed by atoms with Crippen molar-refractivity contribution in [3.8, 4) is 0 Å². The van der Waals surface area contributed by atoms with Crippen LogP contribution in [0, 0.1) is 5.92 Å². The van der Waals surface area contributed by atoms with Crippen molar-refractivity contribution >= 4 is 28.2 Å². The summed E-state index contributed by atoms with van der Waals surface area (Å²) in [6.45, 7) is 0.807. The molecular weight excluding hydrogens is 252 g/mol. The Kier molecular flexibility index (Phi) is 2.83. The fourth-order valence-electron chi connectivity index (χ4n) is 1.87. The maximum Gasteiger partial charge on any atom is 0.264 e. The first-order valence-corrected chi connectivity index (χ1v) is 6.83. The molecule has 1 aliphatic heterocycles. The van der Waals surface area contributed by atoms with E-state index < -0.39 is 0 Å². The zero-order valence-corrected chi connectivity index (χ0v) is 10.6. The minimum absolute atomic E-state index is 0.0511. The van der Waals surface area contributed by atoms with Crippen LogP contribution >= 0.6 is 11.3 Å². The van der Waals surface area contributed by atoms with Gasteiger partial charge in [0.2, 0.25) is 5.91 Å². The second-order valence-corrected chi connectivity index (χ2v) is 5.88. The number of likely N-dealkylation sites (tertiary alicyclic amines) is 1. The number of carbonyl (C=O) groups excluding carboxylic acids is 2. The maximum atomic E-state index is 11.9. The first-order chi connectivity index (χ1) is 8.63. The van der Waals surface area contributed by atoms with E-state index in [4.69, 9.17) is 5.11 Å². The number of hydrogen-bond acceptors (Lipinski definition) is 4. The van der Waals surface area contributed by atoms with Gasteiger partial charge in [0, 0.05) is 19.0 Å². The van der Waals surface area contributed by atoms with Crippen LogP contribution in [-0.4, -0.2) is 41.0 Å². The topological polar surface area (TPSA) is 69.6 Å². The predicted molar refractivity (Wildman–Crippen MR) is 67.6 cm³/mol. The molecule has 2 aliphatic rings. The summed E-state index contributed by atoms with van der Waals surface area (Å²) in [5, 5.41) is 12.7. The van der Waals surface area contributed by atoms with E-state index >= 15 is 0 Å². The SMILES string of the molecule is O=C(Nc1ccc(C(=O)N2CC(O)C2)s1)C1CC1. The van der Waals surface area contributed by atoms with E-state index in [1.807, 2.05) is 0 Å². The summed E-state index contributed by atoms with van der Waals surface area (Å²) in [6.07, 6.45) is 1.55. The van der Waals surface area contributed by atoms with Gasteiger partial charge in [-0.3, -0.25) is 9.59 Å². The molecule has 2 heterocycles. The second kappa shape index (κ2) is 4.37. The van der Waals surface area contributed by atoms with Gasteiger partial charge in [-0.05, 0) is 25.0 Å². The van der Waals surface area contributed by atoms with Crippen LogP contribution in [0.5, 0.6) is 0 Å². The van der Waals surface area contributed by atoms with Crippen molar-refractivity contribution in [3.63, 3.8) is 0 Å². The zero-order chi connectivity index (χ0) is 12.7. The van der Waals surface area contributed by atoms with Crippen molar-refractivity contribution < 1.29 is 14.7 Å². The molecule has 1 saturated carbocycles. The first-order valence-electron chi connectivity index (χ1n) is 6.01. The fourth-order valence-corrected chi connectivity index (χ4v) is 2.74. The zero-order valence-electron chi connectivity index (χ0n) is 9.76. The Balaban J connectivity index is 1.61. The number of rotatable bonds is 3. The van der Waals surface area contributed by atoms with E-state index in [1.165, 1.54) is 11.3 Å². The van der Waals surface area contributed by atoms with Gasteiger partial charge in [-0.15, -0.1) is 11.3 Å². The molecule has 3 rings (SSSR count). The largest absolute Gasteiger partial charge is 0.389 e. The second-order valence-electron chi connectivity index (χ2n) is 4.79. The molecule has 0 atom stereocenters. The molecule has 0 spiro atoms. The molecule has 1 aliphatic carbocycles. The molecule has 2 amide bonds. The highest BCUT2D eigenvalue weighted by Gasteiger charge is 2.31. The number of β-amino-alcohol motifs (C(OH)–C–C–N with tert-alkyl or cyclic N) is 1. The molecule has 6 heteroatoms. The van der Waals surface area contributed by atoms with Gasteiger partial charge in [-0.2, -0.15) is 0 Å². The molecule has 1 aromatic heterocycles. The standard InChI is InChI=1S/C12H14N2O3S/c15-8-5-14(6-8)12(17)9-3-4-10(18-9)13-11(16)7-1-2-7/h3-4,7-8,15H,1-2,5-6H2,(H,13,16). The van der Waals surface area contributed by atoms with Gasteiger partial charge in [0.1, 0.15) is 0 Å². The van der Waals surface area contributed by atoms with Gasteiger partial charge in [0.05, 0.1) is 16.0 Å². The van der Waals surface area contributed by atoms with E-state index in [0.29, 0.717) is 18.0 Å². The van der Waals surface area contributed by atoms with E-state index in [9.17, 15) is 9.59 Å². The Morgan fingerprint density at radius 2 is 2.06 bits per heavy atom. The van der Waals surface area contributed by atoms with Gasteiger partial charge in [0.25, 0.3) is 5.91 Å². The van der Waals surface area contributed by atoms with Gasteiger partial charge in [-0.25, -0.2) is 0 Å². The third-order valence-electron chi connectivity index (χ3n) is 3.16. The van der Waals surface area contributed by atoms with Crippen molar-refractivity contribution in [1.82, 2.24) is 4.90 Å². The van der Waals surface area contributed by atoms with Crippen molar-refractivity contribution in [2.24, 2.45) is 5.92 Å². The van der Waals surface area contributed by atoms with Gasteiger partial charge in [-0.1, -0.05) is 0 Å². The van der Waals surface area contributed by atoms with Crippen LogP contribution in [0.4, 0.5) is 5.00 Å². The number of carbonyl (C=O) groups is 2. The lowest BCUT2D eigenvalue weighted by atomic mass is 10.1. The van der Waals surface area contributed by atoms with Gasteiger partial charge >= 0.3 is 0 Å². The number of hydrogen-bond donors (Lipinski definition) is 2. The average Bonchev–Trinajstić information content (AvgIpc) is 3.06. The molecule has 0 radical (unpaired) electrons. The average molecular weight is 266 g/mol. The summed E-state index contributed by atoms with van der Waals surface area (Å²) >= 11 is 1.29. The normalized spacial score (nSPS) is 19.5. The highest BCUT2D eigenvalue weighted by molar-refractivity contribution is 7.18. The number of aliphatic hydroxyl groups is 1. The highest BCUT2D eigenvalue weighted by Crippen LogP contribution is 2.32. The Morgan fingerprint density at radius 3 is 2.67 bits per heavy atom. The summed E-state index contributed by atoms with van der Waals surface area (Å²) in [7, 11) is 0. The van der Waals surface area contributed by atoms with Crippen LogP contribution in [-0.2, 0) is 4.79 Å². The molecular formula is C12H14N2O3S. The molecule has 96 valence electrons. The van der Waals surface area contributed by atoms with Gasteiger partial charge < -0.3 is 15.3 Å². The minimum Gasteiger partial charge on any atom is -0.389 e. The molecule has 0 bridgehead atoms. The number of thiophene rings is 1. The number of nitrogens with zero attached hydrogens (tertiary/aromatic N) is 1. The van der Waals surface area contributed by atoms with Crippen molar-refractivity contribution in [2.75, 3.05) is 18.4 Å². The Labute approximate surface area is 108 Å². The molecule has 5 nitrogen and oxygen atoms in total. The Hall–Kier alpha value is -1.40. The molecule has 1 saturated heterocycles. The lowest BCUT2D eigenvalue weighted by Crippen LogP contribution is -2.53. The molecule has 2 fully saturated rings. The summed E-state index contributed by atoms with van der Waals surface area (Å²) in [5.74, 6) is 0.143. The number of aliphatic hydroxyl groups excluding tert-OH is 1. The monoisotopic (exact) mass is 266 g/mol. The van der Waals surface area contributed by atoms with Crippen LogP contribution in [0.1, 0.15) is 22.5 Å². The number of amides is 2. The summed E-state index contributed by atoms with van der Waals surface area (Å²) in [5.41, 5.74) is 0. The Morgan fingerprint density at radius 1 is 1.33 bits per heavy atom. The molecule has 1 aromatic rings. The van der Waals surface area contributed by atoms with Crippen molar-refractivity contribution in [2.45, 2.75) is 18.9 Å². The van der Waals surface area contributed by atoms with Crippen LogP contribution in [0.25, 0.3) is 0 Å². The van der Waals surface area contributed by atoms with E-state index in [1.54, 1.807) is 17.0 Å². The lowest BCUT2D eigenvalue weighted by molar-refractivity contribution is -0.117. The molecule has 0 unspecified atom stereocenters. The smallest absolute Gasteiger partial charge is 0.264 e. The molecule has 2 N–H and O–H groups in total. The van der Waals surface area contributed by atoms with Crippen molar-refractivity contribution in [1.29, 1.82) is 0 Å². The number of nitrogens with one attached hydrogen (secondary N) is 1. The molecule has 18 heavy (non-hydrogen) atoms. The van der Waals surface area contributed by atoms with Crippen LogP contribution in [0.3, 0.4) is 0 Å². The van der Waals surface area contributed by atoms with Gasteiger partial charge in [0.15, 0.2) is 0 Å². The third-order valence-corrected chi connectivity index (χ3v) is 4.15. The summed E-state index contributed by atoms with van der Waals surface area (Å²) in [6, 6.07) is 3.48. The van der Waals surface area contributed by atoms with E-state index in [-0.39, 0.29) is 23.8 Å². The van der Waals surface area contributed by atoms with E-state index in [2.05, 4.69) is 5.32 Å². The maximum absolute atomic E-state index is 11.9. The van der Waals surface area contributed by atoms with Crippen LogP contribution < -0.4 is 5.32 Å². The quantitative estimate of drug-likeness (QED) is 0.854. The minimum atomic E-state index is -0.386. The summed E-state index contributed by atoms with van der Waals surface area (Å²) in [4.78, 5) is 25.7. The number of anilines is 1. The fraction of sp³-hybridized carbons (Fsp3) is 0.500. The summed E-state index contributed by atoms with van der Waals surface area (Å²) < 4.78 is 0. The third kappa shape index (κ3) is 2.26. The lowest BCUT2D eigenvalue weighted by Gasteiger charge is -2.35. The highest BCUT2D eigenvalue weighted by atomic mass is 32.1. The predicted octanol–water partition coefficient (Wildman–Crippen LogP) is 0.913. The van der Waals surface area contributed by atoms with Crippen LogP contribution in [0.15, 0.2) is 12.1 Å². The van der Waals surface area contributed by atoms with E-state index in [0.717, 1.165) is 17.8 Å². The molecule has 0 aromatic carbocycles.